The van der Waals surface area contributed by atoms with Gasteiger partial charge in [0, 0.05) is 12.6 Å². The Bertz CT molecular complexity index is 706. The highest BCUT2D eigenvalue weighted by atomic mass is 16.4. The standard InChI is InChI=1S/C19H19NO3/c1-14(19(22)23)16-10-8-15(9-11-16)13-18(21)17-7-5-3-2-4-6-12-20-17/h2-12,14,20H,13H2,1H3,(H,22,23). The Balaban J connectivity index is 2.15. The van der Waals surface area contributed by atoms with Crippen LogP contribution in [-0.4, -0.2) is 21.8 Å². The lowest BCUT2D eigenvalue weighted by atomic mass is 9.98. The molecule has 2 rings (SSSR count). The van der Waals surface area contributed by atoms with Crippen LogP contribution < -0.4 is 0 Å². The maximum Gasteiger partial charge on any atom is 0.310 e. The number of carboxylic acid groups (broad SMARTS) is 1. The van der Waals surface area contributed by atoms with Crippen molar-refractivity contribution in [2.45, 2.75) is 19.3 Å². The third kappa shape index (κ3) is 4.81. The van der Waals surface area contributed by atoms with E-state index in [1.54, 1.807) is 49.5 Å². The Morgan fingerprint density at radius 2 is 1.65 bits per heavy atom. The normalized spacial score (nSPS) is 11.3. The number of aromatic nitrogens is 1. The van der Waals surface area contributed by atoms with Crippen LogP contribution in [-0.2, 0) is 11.2 Å². The first-order valence-corrected chi connectivity index (χ1v) is 7.39. The van der Waals surface area contributed by atoms with Crippen LogP contribution in [0.25, 0.3) is 0 Å². The minimum absolute atomic E-state index is 0.0276. The van der Waals surface area contributed by atoms with E-state index >= 15 is 0 Å². The molecular weight excluding hydrogens is 290 g/mol. The molecule has 0 radical (unpaired) electrons. The molecule has 1 unspecified atom stereocenters. The topological polar surface area (TPSA) is 70.2 Å². The van der Waals surface area contributed by atoms with Crippen molar-refractivity contribution in [3.05, 3.63) is 83.7 Å². The predicted molar refractivity (Wildman–Crippen MR) is 88.9 cm³/mol. The van der Waals surface area contributed by atoms with Gasteiger partial charge in [0.1, 0.15) is 0 Å². The molecule has 2 N–H and O–H groups in total. The van der Waals surface area contributed by atoms with E-state index in [0.717, 1.165) is 11.1 Å². The minimum atomic E-state index is -0.860. The molecule has 0 aliphatic heterocycles. The van der Waals surface area contributed by atoms with Crippen molar-refractivity contribution in [1.82, 2.24) is 4.98 Å². The van der Waals surface area contributed by atoms with E-state index in [9.17, 15) is 9.59 Å². The number of Topliss-reactive ketones (excluding diaryl/α,β-unsaturated/α-hetero) is 1. The molecule has 4 heteroatoms. The first-order chi connectivity index (χ1) is 11.1. The van der Waals surface area contributed by atoms with Crippen molar-refractivity contribution in [1.29, 1.82) is 0 Å². The second-order valence-corrected chi connectivity index (χ2v) is 5.26. The highest BCUT2D eigenvalue weighted by Gasteiger charge is 2.13. The first kappa shape index (κ1) is 16.5. The number of aliphatic carboxylic acids is 1. The zero-order valence-corrected chi connectivity index (χ0v) is 12.9. The van der Waals surface area contributed by atoms with Crippen LogP contribution in [0.5, 0.6) is 0 Å². The molecule has 1 aromatic heterocycles. The predicted octanol–water partition coefficient (Wildman–Crippen LogP) is 3.75. The zero-order valence-electron chi connectivity index (χ0n) is 12.9. The molecule has 118 valence electrons. The van der Waals surface area contributed by atoms with Gasteiger partial charge in [0.25, 0.3) is 0 Å². The molecule has 1 heterocycles. The monoisotopic (exact) mass is 309 g/mol. The zero-order chi connectivity index (χ0) is 16.7. The summed E-state index contributed by atoms with van der Waals surface area (Å²) in [6, 6.07) is 18.1. The number of carbonyl (C=O) groups is 2. The van der Waals surface area contributed by atoms with E-state index in [-0.39, 0.29) is 12.2 Å². The molecule has 1 atom stereocenters. The van der Waals surface area contributed by atoms with Crippen molar-refractivity contribution in [2.24, 2.45) is 0 Å². The van der Waals surface area contributed by atoms with E-state index in [2.05, 4.69) is 4.98 Å². The third-order valence-corrected chi connectivity index (χ3v) is 3.56. The van der Waals surface area contributed by atoms with Gasteiger partial charge in [-0.2, -0.15) is 0 Å². The molecule has 0 aliphatic rings. The lowest BCUT2D eigenvalue weighted by Crippen LogP contribution is -2.08. The molecule has 0 bridgehead atoms. The lowest BCUT2D eigenvalue weighted by molar-refractivity contribution is -0.138. The van der Waals surface area contributed by atoms with E-state index < -0.39 is 11.9 Å². The summed E-state index contributed by atoms with van der Waals surface area (Å²) in [5, 5.41) is 9.01. The molecule has 0 amide bonds. The number of carbonyl (C=O) groups excluding carboxylic acids is 1. The third-order valence-electron chi connectivity index (χ3n) is 3.56. The number of H-pyrrole nitrogens is 1. The summed E-state index contributed by atoms with van der Waals surface area (Å²) in [7, 11) is 0. The van der Waals surface area contributed by atoms with E-state index in [0.29, 0.717) is 5.69 Å². The van der Waals surface area contributed by atoms with E-state index in [1.807, 2.05) is 24.3 Å². The molecular formula is C19H19NO3. The number of rotatable bonds is 5. The van der Waals surface area contributed by atoms with Gasteiger partial charge < -0.3 is 10.1 Å². The number of benzene rings is 1. The SMILES string of the molecule is CC(C(=O)O)c1ccc(CC(=O)c2ccccccc[nH]2)cc1. The fraction of sp³-hybridized carbons (Fsp3) is 0.158. The number of aromatic amines is 1. The summed E-state index contributed by atoms with van der Waals surface area (Å²) in [6.45, 7) is 1.64. The lowest BCUT2D eigenvalue weighted by Gasteiger charge is -2.07. The fourth-order valence-electron chi connectivity index (χ4n) is 2.11. The quantitative estimate of drug-likeness (QED) is 0.826. The maximum atomic E-state index is 12.4. The molecule has 0 fully saturated rings. The van der Waals surface area contributed by atoms with Crippen LogP contribution in [0.4, 0.5) is 0 Å². The van der Waals surface area contributed by atoms with Crippen LogP contribution in [0.3, 0.4) is 0 Å². The number of hydrogen-bond acceptors (Lipinski definition) is 2. The molecule has 0 saturated carbocycles. The number of ketones is 1. The smallest absolute Gasteiger partial charge is 0.310 e. The molecule has 0 aliphatic carbocycles. The van der Waals surface area contributed by atoms with Gasteiger partial charge in [-0.25, -0.2) is 0 Å². The average Bonchev–Trinajstić information content (AvgIpc) is 2.68. The number of nitrogens with one attached hydrogen (secondary N) is 1. The summed E-state index contributed by atoms with van der Waals surface area (Å²) in [5.74, 6) is -1.44. The Hall–Kier alpha value is -2.88. The van der Waals surface area contributed by atoms with Crippen LogP contribution >= 0.6 is 0 Å². The first-order valence-electron chi connectivity index (χ1n) is 7.39. The second kappa shape index (κ2) is 7.94. The van der Waals surface area contributed by atoms with Gasteiger partial charge in [-0.3, -0.25) is 9.59 Å². The van der Waals surface area contributed by atoms with E-state index in [1.165, 1.54) is 0 Å². The van der Waals surface area contributed by atoms with Crippen molar-refractivity contribution in [3.8, 4) is 0 Å². The Morgan fingerprint density at radius 3 is 2.35 bits per heavy atom. The largest absolute Gasteiger partial charge is 0.481 e. The van der Waals surface area contributed by atoms with Gasteiger partial charge in [0.15, 0.2) is 5.78 Å². The van der Waals surface area contributed by atoms with Crippen molar-refractivity contribution in [3.63, 3.8) is 0 Å². The minimum Gasteiger partial charge on any atom is -0.481 e. The molecule has 4 nitrogen and oxygen atoms in total. The average molecular weight is 309 g/mol. The molecule has 0 spiro atoms. The van der Waals surface area contributed by atoms with Gasteiger partial charge in [-0.1, -0.05) is 48.5 Å². The maximum absolute atomic E-state index is 12.4. The fourth-order valence-corrected chi connectivity index (χ4v) is 2.11. The summed E-state index contributed by atoms with van der Waals surface area (Å²) in [4.78, 5) is 26.3. The summed E-state index contributed by atoms with van der Waals surface area (Å²) in [5.41, 5.74) is 2.10. The van der Waals surface area contributed by atoms with Crippen molar-refractivity contribution in [2.75, 3.05) is 0 Å². The summed E-state index contributed by atoms with van der Waals surface area (Å²) < 4.78 is 0. The van der Waals surface area contributed by atoms with Crippen LogP contribution in [0.1, 0.15) is 34.5 Å². The second-order valence-electron chi connectivity index (χ2n) is 5.26. The molecule has 2 aromatic rings. The van der Waals surface area contributed by atoms with Gasteiger partial charge in [0.2, 0.25) is 0 Å². The number of carboxylic acids is 1. The van der Waals surface area contributed by atoms with Crippen LogP contribution in [0, 0.1) is 0 Å². The van der Waals surface area contributed by atoms with Crippen LogP contribution in [0.2, 0.25) is 0 Å². The molecule has 0 saturated heterocycles. The summed E-state index contributed by atoms with van der Waals surface area (Å²) in [6.07, 6.45) is 1.97. The van der Waals surface area contributed by atoms with Crippen LogP contribution in [0.15, 0.2) is 66.9 Å². The number of hydrogen-bond donors (Lipinski definition) is 2. The Kier molecular flexibility index (Phi) is 5.69. The van der Waals surface area contributed by atoms with Gasteiger partial charge >= 0.3 is 5.97 Å². The molecule has 23 heavy (non-hydrogen) atoms. The van der Waals surface area contributed by atoms with Gasteiger partial charge in [-0.15, -0.1) is 0 Å². The van der Waals surface area contributed by atoms with Gasteiger partial charge in [-0.05, 0) is 30.2 Å². The highest BCUT2D eigenvalue weighted by Crippen LogP contribution is 2.16. The Morgan fingerprint density at radius 1 is 1.00 bits per heavy atom. The van der Waals surface area contributed by atoms with E-state index in [4.69, 9.17) is 5.11 Å². The van der Waals surface area contributed by atoms with Gasteiger partial charge in [0.05, 0.1) is 11.6 Å². The molecule has 1 aromatic carbocycles. The summed E-state index contributed by atoms with van der Waals surface area (Å²) >= 11 is 0. The van der Waals surface area contributed by atoms with Crippen molar-refractivity contribution < 1.29 is 14.7 Å². The van der Waals surface area contributed by atoms with Crippen molar-refractivity contribution >= 4 is 11.8 Å². The highest BCUT2D eigenvalue weighted by molar-refractivity contribution is 5.95. The Labute approximate surface area is 135 Å².